The number of anilines is 1. The van der Waals surface area contributed by atoms with E-state index in [1.807, 2.05) is 30.5 Å². The van der Waals surface area contributed by atoms with E-state index in [9.17, 15) is 4.79 Å². The second-order valence-electron chi connectivity index (χ2n) is 3.93. The second kappa shape index (κ2) is 6.02. The van der Waals surface area contributed by atoms with E-state index in [4.69, 9.17) is 0 Å². The third-order valence-electron chi connectivity index (χ3n) is 2.40. The number of amides is 1. The molecule has 5 heteroatoms. The van der Waals surface area contributed by atoms with Gasteiger partial charge in [-0.05, 0) is 18.7 Å². The van der Waals surface area contributed by atoms with E-state index < -0.39 is 0 Å². The Balaban J connectivity index is 2.13. The van der Waals surface area contributed by atoms with Gasteiger partial charge in [-0.1, -0.05) is 23.8 Å². The molecule has 1 amide bonds. The molecule has 0 unspecified atom stereocenters. The summed E-state index contributed by atoms with van der Waals surface area (Å²) >= 11 is 5.46. The zero-order chi connectivity index (χ0) is 13.0. The Kier molecular flexibility index (Phi) is 4.38. The third-order valence-corrected chi connectivity index (χ3v) is 3.38. The Labute approximate surface area is 116 Å². The van der Waals surface area contributed by atoms with Gasteiger partial charge >= 0.3 is 0 Å². The maximum atomic E-state index is 11.4. The van der Waals surface area contributed by atoms with Crippen molar-refractivity contribution in [2.45, 2.75) is 13.3 Å². The molecular formula is C13H14N2OS2. The topological polar surface area (TPSA) is 42.0 Å². The molecule has 0 aliphatic rings. The van der Waals surface area contributed by atoms with Gasteiger partial charge in [-0.2, -0.15) is 12.6 Å². The van der Waals surface area contributed by atoms with Gasteiger partial charge in [0.2, 0.25) is 5.91 Å². The average molecular weight is 278 g/mol. The summed E-state index contributed by atoms with van der Waals surface area (Å²) in [5, 5.41) is 5.35. The maximum absolute atomic E-state index is 11.4. The largest absolute Gasteiger partial charge is 0.302 e. The second-order valence-corrected chi connectivity index (χ2v) is 5.23. The van der Waals surface area contributed by atoms with E-state index in [0.717, 1.165) is 11.3 Å². The molecule has 2 aromatic rings. The van der Waals surface area contributed by atoms with Crippen LogP contribution in [0.15, 0.2) is 29.6 Å². The molecular weight excluding hydrogens is 264 g/mol. The number of benzene rings is 1. The molecule has 1 aromatic carbocycles. The molecule has 0 saturated carbocycles. The number of aromatic nitrogens is 1. The van der Waals surface area contributed by atoms with Crippen molar-refractivity contribution in [3.05, 3.63) is 35.2 Å². The average Bonchev–Trinajstić information content (AvgIpc) is 2.78. The number of rotatable bonds is 4. The lowest BCUT2D eigenvalue weighted by molar-refractivity contribution is -0.115. The van der Waals surface area contributed by atoms with Crippen LogP contribution in [0, 0.1) is 6.92 Å². The van der Waals surface area contributed by atoms with Crippen molar-refractivity contribution in [1.29, 1.82) is 0 Å². The van der Waals surface area contributed by atoms with E-state index in [2.05, 4.69) is 29.0 Å². The lowest BCUT2D eigenvalue weighted by Gasteiger charge is -1.99. The summed E-state index contributed by atoms with van der Waals surface area (Å²) in [6.45, 7) is 2.05. The van der Waals surface area contributed by atoms with Gasteiger partial charge < -0.3 is 5.32 Å². The van der Waals surface area contributed by atoms with Crippen molar-refractivity contribution < 1.29 is 4.79 Å². The molecule has 18 heavy (non-hydrogen) atoms. The van der Waals surface area contributed by atoms with Crippen molar-refractivity contribution >= 4 is 35.0 Å². The minimum atomic E-state index is -0.0462. The Hall–Kier alpha value is -1.33. The first-order valence-electron chi connectivity index (χ1n) is 5.62. The van der Waals surface area contributed by atoms with Crippen LogP contribution in [0.25, 0.3) is 11.3 Å². The molecule has 0 atom stereocenters. The Bertz CT molecular complexity index is 551. The minimum Gasteiger partial charge on any atom is -0.302 e. The predicted octanol–water partition coefficient (Wildman–Crippen LogP) is 3.38. The van der Waals surface area contributed by atoms with E-state index in [0.29, 0.717) is 17.3 Å². The number of thiazole rings is 1. The number of thiol groups is 1. The Morgan fingerprint density at radius 2 is 2.33 bits per heavy atom. The summed E-state index contributed by atoms with van der Waals surface area (Å²) in [4.78, 5) is 15.8. The molecule has 0 bridgehead atoms. The fourth-order valence-electron chi connectivity index (χ4n) is 1.55. The monoisotopic (exact) mass is 278 g/mol. The molecule has 94 valence electrons. The first kappa shape index (κ1) is 13.1. The van der Waals surface area contributed by atoms with Crippen LogP contribution in [0.2, 0.25) is 0 Å². The molecule has 2 rings (SSSR count). The fourth-order valence-corrected chi connectivity index (χ4v) is 2.49. The van der Waals surface area contributed by atoms with E-state index in [1.54, 1.807) is 0 Å². The first-order chi connectivity index (χ1) is 8.69. The summed E-state index contributed by atoms with van der Waals surface area (Å²) in [7, 11) is 0. The highest BCUT2D eigenvalue weighted by atomic mass is 32.1. The zero-order valence-corrected chi connectivity index (χ0v) is 11.7. The van der Waals surface area contributed by atoms with Gasteiger partial charge in [0.25, 0.3) is 0 Å². The molecule has 0 saturated heterocycles. The maximum Gasteiger partial charge on any atom is 0.226 e. The highest BCUT2D eigenvalue weighted by Crippen LogP contribution is 2.25. The fraction of sp³-hybridized carbons (Fsp3) is 0.231. The van der Waals surface area contributed by atoms with Crippen LogP contribution in [-0.4, -0.2) is 16.6 Å². The molecule has 0 aliphatic carbocycles. The van der Waals surface area contributed by atoms with Crippen molar-refractivity contribution in [2.24, 2.45) is 0 Å². The van der Waals surface area contributed by atoms with Gasteiger partial charge in [-0.25, -0.2) is 4.98 Å². The molecule has 3 nitrogen and oxygen atoms in total. The summed E-state index contributed by atoms with van der Waals surface area (Å²) < 4.78 is 0. The van der Waals surface area contributed by atoms with E-state index in [-0.39, 0.29) is 5.91 Å². The van der Waals surface area contributed by atoms with E-state index in [1.165, 1.54) is 16.9 Å². The van der Waals surface area contributed by atoms with Crippen LogP contribution >= 0.6 is 24.0 Å². The van der Waals surface area contributed by atoms with Gasteiger partial charge in [0, 0.05) is 17.4 Å². The Morgan fingerprint density at radius 1 is 1.50 bits per heavy atom. The number of nitrogens with zero attached hydrogens (tertiary/aromatic N) is 1. The molecule has 1 heterocycles. The molecule has 1 N–H and O–H groups in total. The molecule has 0 radical (unpaired) electrons. The number of aryl methyl sites for hydroxylation is 1. The summed E-state index contributed by atoms with van der Waals surface area (Å²) in [5.41, 5.74) is 3.16. The van der Waals surface area contributed by atoms with Crippen LogP contribution in [0.4, 0.5) is 5.13 Å². The van der Waals surface area contributed by atoms with Crippen LogP contribution in [-0.2, 0) is 4.79 Å². The molecule has 0 aliphatic heterocycles. The highest BCUT2D eigenvalue weighted by molar-refractivity contribution is 7.80. The number of carbonyl (C=O) groups is 1. The van der Waals surface area contributed by atoms with Gasteiger partial charge in [-0.15, -0.1) is 11.3 Å². The lowest BCUT2D eigenvalue weighted by Crippen LogP contribution is -2.11. The predicted molar refractivity (Wildman–Crippen MR) is 79.4 cm³/mol. The summed E-state index contributed by atoms with van der Waals surface area (Å²) in [6.07, 6.45) is 0.405. The van der Waals surface area contributed by atoms with Crippen LogP contribution in [0.5, 0.6) is 0 Å². The SMILES string of the molecule is Cc1cccc(-c2csc(NC(=O)CCS)n2)c1. The number of hydrogen-bond donors (Lipinski definition) is 2. The van der Waals surface area contributed by atoms with Gasteiger partial charge in [0.1, 0.15) is 0 Å². The van der Waals surface area contributed by atoms with Crippen LogP contribution < -0.4 is 5.32 Å². The van der Waals surface area contributed by atoms with Crippen molar-refractivity contribution in [3.8, 4) is 11.3 Å². The van der Waals surface area contributed by atoms with Crippen LogP contribution in [0.1, 0.15) is 12.0 Å². The molecule has 0 fully saturated rings. The number of carbonyl (C=O) groups excluding carboxylic acids is 1. The summed E-state index contributed by atoms with van der Waals surface area (Å²) in [5.74, 6) is 0.497. The van der Waals surface area contributed by atoms with Gasteiger partial charge in [0.15, 0.2) is 5.13 Å². The normalized spacial score (nSPS) is 10.3. The molecule has 0 spiro atoms. The van der Waals surface area contributed by atoms with Gasteiger partial charge in [-0.3, -0.25) is 4.79 Å². The summed E-state index contributed by atoms with van der Waals surface area (Å²) in [6, 6.07) is 8.14. The highest BCUT2D eigenvalue weighted by Gasteiger charge is 2.07. The minimum absolute atomic E-state index is 0.0462. The van der Waals surface area contributed by atoms with Crippen molar-refractivity contribution in [1.82, 2.24) is 4.98 Å². The Morgan fingerprint density at radius 3 is 3.06 bits per heavy atom. The number of hydrogen-bond acceptors (Lipinski definition) is 4. The smallest absolute Gasteiger partial charge is 0.226 e. The standard InChI is InChI=1S/C13H14N2OS2/c1-9-3-2-4-10(7-9)11-8-18-13(14-11)15-12(16)5-6-17/h2-4,7-8,17H,5-6H2,1H3,(H,14,15,16). The van der Waals surface area contributed by atoms with Crippen LogP contribution in [0.3, 0.4) is 0 Å². The third kappa shape index (κ3) is 3.34. The lowest BCUT2D eigenvalue weighted by atomic mass is 10.1. The zero-order valence-electron chi connectivity index (χ0n) is 10.0. The van der Waals surface area contributed by atoms with Gasteiger partial charge in [0.05, 0.1) is 5.69 Å². The van der Waals surface area contributed by atoms with E-state index >= 15 is 0 Å². The first-order valence-corrected chi connectivity index (χ1v) is 7.13. The van der Waals surface area contributed by atoms with Crippen molar-refractivity contribution in [3.63, 3.8) is 0 Å². The quantitative estimate of drug-likeness (QED) is 0.842. The number of nitrogens with one attached hydrogen (secondary N) is 1. The molecule has 1 aromatic heterocycles. The van der Waals surface area contributed by atoms with Crippen molar-refractivity contribution in [2.75, 3.05) is 11.1 Å².